The van der Waals surface area contributed by atoms with Gasteiger partial charge in [-0.25, -0.2) is 4.79 Å². The first-order chi connectivity index (χ1) is 9.91. The third-order valence-corrected chi connectivity index (χ3v) is 3.31. The van der Waals surface area contributed by atoms with Crippen LogP contribution in [0, 0.1) is 0 Å². The standard InChI is InChI=1S/C14H17F3N2O2/c1-2-18-12(9-19-6-7-21-13(19)20)10-4-3-5-11(8-10)14(15,16)17/h3-5,8,12,18H,2,6-7,9H2,1H3. The summed E-state index contributed by atoms with van der Waals surface area (Å²) in [6.07, 6.45) is -4.80. The van der Waals surface area contributed by atoms with Crippen molar-refractivity contribution >= 4 is 6.09 Å². The van der Waals surface area contributed by atoms with E-state index in [1.807, 2.05) is 6.92 Å². The minimum absolute atomic E-state index is 0.286. The maximum Gasteiger partial charge on any atom is 0.416 e. The highest BCUT2D eigenvalue weighted by Crippen LogP contribution is 2.31. The second-order valence-electron chi connectivity index (χ2n) is 4.79. The van der Waals surface area contributed by atoms with Crippen LogP contribution in [0.4, 0.5) is 18.0 Å². The molecule has 1 aliphatic rings. The Bertz CT molecular complexity index is 505. The summed E-state index contributed by atoms with van der Waals surface area (Å²) in [6.45, 7) is 3.51. The molecule has 0 aromatic heterocycles. The monoisotopic (exact) mass is 302 g/mol. The highest BCUT2D eigenvalue weighted by atomic mass is 19.4. The van der Waals surface area contributed by atoms with Crippen LogP contribution >= 0.6 is 0 Å². The Morgan fingerprint density at radius 3 is 2.76 bits per heavy atom. The average molecular weight is 302 g/mol. The number of nitrogens with one attached hydrogen (secondary N) is 1. The normalized spacial score (nSPS) is 17.0. The van der Waals surface area contributed by atoms with Crippen LogP contribution in [0.15, 0.2) is 24.3 Å². The number of hydrogen-bond acceptors (Lipinski definition) is 3. The fraction of sp³-hybridized carbons (Fsp3) is 0.500. The number of carbonyl (C=O) groups excluding carboxylic acids is 1. The highest BCUT2D eigenvalue weighted by Gasteiger charge is 2.31. The fourth-order valence-electron chi connectivity index (χ4n) is 2.28. The molecule has 1 aromatic rings. The summed E-state index contributed by atoms with van der Waals surface area (Å²) in [5, 5.41) is 3.11. The number of amides is 1. The van der Waals surface area contributed by atoms with Gasteiger partial charge in [0.1, 0.15) is 6.61 Å². The van der Waals surface area contributed by atoms with E-state index in [1.165, 1.54) is 11.0 Å². The second-order valence-corrected chi connectivity index (χ2v) is 4.79. The highest BCUT2D eigenvalue weighted by molar-refractivity contribution is 5.69. The van der Waals surface area contributed by atoms with E-state index in [9.17, 15) is 18.0 Å². The van der Waals surface area contributed by atoms with Crippen molar-refractivity contribution in [1.82, 2.24) is 10.2 Å². The molecular weight excluding hydrogens is 285 g/mol. The van der Waals surface area contributed by atoms with E-state index < -0.39 is 17.8 Å². The third-order valence-electron chi connectivity index (χ3n) is 3.31. The molecule has 1 heterocycles. The molecule has 1 N–H and O–H groups in total. The molecular formula is C14H17F3N2O2. The molecule has 0 saturated carbocycles. The van der Waals surface area contributed by atoms with Crippen LogP contribution in [0.25, 0.3) is 0 Å². The van der Waals surface area contributed by atoms with Crippen molar-refractivity contribution in [2.24, 2.45) is 0 Å². The molecule has 2 rings (SSSR count). The van der Waals surface area contributed by atoms with Gasteiger partial charge in [-0.1, -0.05) is 19.1 Å². The zero-order valence-corrected chi connectivity index (χ0v) is 11.6. The number of cyclic esters (lactones) is 1. The number of benzene rings is 1. The van der Waals surface area contributed by atoms with Crippen LogP contribution in [-0.2, 0) is 10.9 Å². The van der Waals surface area contributed by atoms with Gasteiger partial charge in [0.05, 0.1) is 18.2 Å². The minimum atomic E-state index is -4.38. The molecule has 116 valence electrons. The number of halogens is 3. The number of carbonyl (C=O) groups is 1. The summed E-state index contributed by atoms with van der Waals surface area (Å²) < 4.78 is 43.2. The van der Waals surface area contributed by atoms with E-state index in [2.05, 4.69) is 5.32 Å². The quantitative estimate of drug-likeness (QED) is 0.909. The third kappa shape index (κ3) is 3.87. The summed E-state index contributed by atoms with van der Waals surface area (Å²) >= 11 is 0. The molecule has 1 aromatic carbocycles. The predicted octanol–water partition coefficient (Wildman–Crippen LogP) is 2.81. The lowest BCUT2D eigenvalue weighted by Gasteiger charge is -2.24. The van der Waals surface area contributed by atoms with E-state index in [0.29, 0.717) is 25.3 Å². The molecule has 21 heavy (non-hydrogen) atoms. The predicted molar refractivity (Wildman–Crippen MR) is 70.8 cm³/mol. The minimum Gasteiger partial charge on any atom is -0.448 e. The average Bonchev–Trinajstić information content (AvgIpc) is 2.83. The molecule has 1 fully saturated rings. The van der Waals surface area contributed by atoms with Gasteiger partial charge in [0.15, 0.2) is 0 Å². The summed E-state index contributed by atoms with van der Waals surface area (Å²) in [4.78, 5) is 13.0. The maximum atomic E-state index is 12.8. The van der Waals surface area contributed by atoms with Crippen LogP contribution in [0.5, 0.6) is 0 Å². The zero-order chi connectivity index (χ0) is 15.5. The molecule has 1 unspecified atom stereocenters. The van der Waals surface area contributed by atoms with Gasteiger partial charge >= 0.3 is 12.3 Å². The number of nitrogens with zero attached hydrogens (tertiary/aromatic N) is 1. The Morgan fingerprint density at radius 1 is 1.43 bits per heavy atom. The van der Waals surface area contributed by atoms with Gasteiger partial charge in [-0.15, -0.1) is 0 Å². The first-order valence-electron chi connectivity index (χ1n) is 6.74. The van der Waals surface area contributed by atoms with Crippen LogP contribution in [-0.4, -0.2) is 37.2 Å². The molecule has 1 atom stereocenters. The van der Waals surface area contributed by atoms with E-state index >= 15 is 0 Å². The van der Waals surface area contributed by atoms with Gasteiger partial charge < -0.3 is 15.0 Å². The lowest BCUT2D eigenvalue weighted by Crippen LogP contribution is -2.35. The summed E-state index contributed by atoms with van der Waals surface area (Å²) in [6, 6.07) is 4.81. The lowest BCUT2D eigenvalue weighted by atomic mass is 10.0. The Morgan fingerprint density at radius 2 is 2.19 bits per heavy atom. The van der Waals surface area contributed by atoms with Crippen LogP contribution in [0.2, 0.25) is 0 Å². The molecule has 1 amide bonds. The number of likely N-dealkylation sites (N-methyl/N-ethyl adjacent to an activating group) is 1. The fourth-order valence-corrected chi connectivity index (χ4v) is 2.28. The van der Waals surface area contributed by atoms with E-state index in [0.717, 1.165) is 12.1 Å². The lowest BCUT2D eigenvalue weighted by molar-refractivity contribution is -0.137. The first kappa shape index (κ1) is 15.6. The number of hydrogen-bond donors (Lipinski definition) is 1. The topological polar surface area (TPSA) is 41.6 Å². The molecule has 0 spiro atoms. The summed E-state index contributed by atoms with van der Waals surface area (Å²) in [5.41, 5.74) is -0.182. The van der Waals surface area contributed by atoms with Crippen molar-refractivity contribution in [1.29, 1.82) is 0 Å². The molecule has 7 heteroatoms. The second kappa shape index (κ2) is 6.34. The van der Waals surface area contributed by atoms with Gasteiger partial charge in [-0.05, 0) is 24.2 Å². The van der Waals surface area contributed by atoms with Gasteiger partial charge in [-0.3, -0.25) is 0 Å². The molecule has 1 aliphatic heterocycles. The Hall–Kier alpha value is -1.76. The van der Waals surface area contributed by atoms with Crippen molar-refractivity contribution < 1.29 is 22.7 Å². The van der Waals surface area contributed by atoms with Crippen molar-refractivity contribution in [3.05, 3.63) is 35.4 Å². The largest absolute Gasteiger partial charge is 0.448 e. The Balaban J connectivity index is 2.19. The van der Waals surface area contributed by atoms with Crippen molar-refractivity contribution in [2.45, 2.75) is 19.1 Å². The van der Waals surface area contributed by atoms with Gasteiger partial charge in [0.2, 0.25) is 0 Å². The molecule has 0 aliphatic carbocycles. The van der Waals surface area contributed by atoms with E-state index in [1.54, 1.807) is 6.07 Å². The zero-order valence-electron chi connectivity index (χ0n) is 11.6. The number of alkyl halides is 3. The van der Waals surface area contributed by atoms with Gasteiger partial charge in [0, 0.05) is 6.54 Å². The van der Waals surface area contributed by atoms with Crippen molar-refractivity contribution in [3.63, 3.8) is 0 Å². The Kier molecular flexibility index (Phi) is 4.72. The van der Waals surface area contributed by atoms with Crippen LogP contribution < -0.4 is 5.32 Å². The van der Waals surface area contributed by atoms with Crippen molar-refractivity contribution in [2.75, 3.05) is 26.2 Å². The number of rotatable bonds is 5. The SMILES string of the molecule is CCNC(CN1CCOC1=O)c1cccc(C(F)(F)F)c1. The maximum absolute atomic E-state index is 12.8. The van der Waals surface area contributed by atoms with Crippen LogP contribution in [0.1, 0.15) is 24.1 Å². The van der Waals surface area contributed by atoms with Gasteiger partial charge in [0.25, 0.3) is 0 Å². The summed E-state index contributed by atoms with van der Waals surface area (Å²) in [7, 11) is 0. The molecule has 0 bridgehead atoms. The van der Waals surface area contributed by atoms with Gasteiger partial charge in [-0.2, -0.15) is 13.2 Å². The first-order valence-corrected chi connectivity index (χ1v) is 6.74. The van der Waals surface area contributed by atoms with E-state index in [4.69, 9.17) is 4.74 Å². The molecule has 4 nitrogen and oxygen atoms in total. The molecule has 1 saturated heterocycles. The Labute approximate surface area is 120 Å². The smallest absolute Gasteiger partial charge is 0.416 e. The van der Waals surface area contributed by atoms with E-state index in [-0.39, 0.29) is 12.6 Å². The summed E-state index contributed by atoms with van der Waals surface area (Å²) in [5.74, 6) is 0. The van der Waals surface area contributed by atoms with Crippen LogP contribution in [0.3, 0.4) is 0 Å². The van der Waals surface area contributed by atoms with Crippen molar-refractivity contribution in [3.8, 4) is 0 Å². The number of ether oxygens (including phenoxy) is 1. The molecule has 0 radical (unpaired) electrons.